The molecule has 0 spiro atoms. The standard InChI is InChI=1S/Ag.Bi.Cu.I. The summed E-state index contributed by atoms with van der Waals surface area (Å²) in [5.74, 6) is 0. The van der Waals surface area contributed by atoms with E-state index in [1.165, 1.54) is 0 Å². The van der Waals surface area contributed by atoms with Gasteiger partial charge in [0.1, 0.15) is 0 Å². The second-order valence-electron chi connectivity index (χ2n) is 0. The molecule has 0 fully saturated rings. The molecule has 0 aliphatic carbocycles. The average Bonchev–Trinajstić information content (AvgIpc) is 0. The van der Waals surface area contributed by atoms with Gasteiger partial charge in [-0.25, -0.2) is 0 Å². The van der Waals surface area contributed by atoms with Crippen LogP contribution in [0.15, 0.2) is 0 Å². The van der Waals surface area contributed by atoms with Crippen LogP contribution in [0.25, 0.3) is 0 Å². The average molecular weight is 507 g/mol. The minimum atomic E-state index is 0. The first-order chi connectivity index (χ1) is 0. The van der Waals surface area contributed by atoms with Gasteiger partial charge in [-0.3, -0.25) is 0 Å². The summed E-state index contributed by atoms with van der Waals surface area (Å²) in [6, 6.07) is 0. The van der Waals surface area contributed by atoms with Crippen molar-refractivity contribution in [3.63, 3.8) is 0 Å². The zero-order valence-electron chi connectivity index (χ0n) is 1.43. The molecule has 0 aromatic heterocycles. The molecule has 0 aliphatic rings. The summed E-state index contributed by atoms with van der Waals surface area (Å²) in [7, 11) is 0. The van der Waals surface area contributed by atoms with E-state index < -0.39 is 0 Å². The van der Waals surface area contributed by atoms with Crippen LogP contribution in [-0.4, -0.2) is 26.2 Å². The van der Waals surface area contributed by atoms with Gasteiger partial charge in [-0.2, -0.15) is 0 Å². The van der Waals surface area contributed by atoms with Crippen molar-refractivity contribution in [2.24, 2.45) is 0 Å². The number of rotatable bonds is 0. The molecule has 34 valence electrons. The molecule has 4 heteroatoms. The van der Waals surface area contributed by atoms with Crippen molar-refractivity contribution in [3.05, 3.63) is 0 Å². The van der Waals surface area contributed by atoms with Gasteiger partial charge in [-0.1, -0.05) is 0 Å². The largest absolute Gasteiger partial charge is 0 e. The van der Waals surface area contributed by atoms with Crippen LogP contribution in [-0.2, 0) is 39.4 Å². The van der Waals surface area contributed by atoms with Crippen LogP contribution in [0.5, 0.6) is 0 Å². The molecular weight excluding hydrogens is 507 g/mol. The van der Waals surface area contributed by atoms with Crippen LogP contribution in [0.3, 0.4) is 0 Å². The molecule has 0 bridgehead atoms. The summed E-state index contributed by atoms with van der Waals surface area (Å²) in [6.07, 6.45) is 0. The molecule has 0 amide bonds. The van der Waals surface area contributed by atoms with E-state index in [1.54, 1.807) is 0 Å². The maximum Gasteiger partial charge on any atom is 0 e. The fourth-order valence-corrected chi connectivity index (χ4v) is 0. The summed E-state index contributed by atoms with van der Waals surface area (Å²) in [5, 5.41) is 0. The smallest absolute Gasteiger partial charge is 0 e. The molecule has 6 radical (unpaired) electrons. The molecule has 0 atom stereocenters. The van der Waals surface area contributed by atoms with Crippen molar-refractivity contribution in [2.45, 2.75) is 0 Å². The zero-order valence-corrected chi connectivity index (χ0v) is 9.49. The predicted octanol–water partition coefficient (Wildman–Crippen LogP) is 0.500. The van der Waals surface area contributed by atoms with E-state index in [0.717, 1.165) is 0 Å². The van der Waals surface area contributed by atoms with Crippen LogP contribution in [0.2, 0.25) is 0 Å². The van der Waals surface area contributed by atoms with E-state index in [-0.39, 0.29) is 89.6 Å². The second-order valence-corrected chi connectivity index (χ2v) is 0. The molecule has 0 saturated heterocycles. The van der Waals surface area contributed by atoms with Gasteiger partial charge in [0.25, 0.3) is 0 Å². The summed E-state index contributed by atoms with van der Waals surface area (Å²) in [6.45, 7) is 0. The Bertz CT molecular complexity index is 8.00. The van der Waals surface area contributed by atoms with E-state index in [0.29, 0.717) is 0 Å². The Morgan fingerprint density at radius 2 is 1.00 bits per heavy atom. The van der Waals surface area contributed by atoms with Gasteiger partial charge in [0.15, 0.2) is 0 Å². The zero-order chi connectivity index (χ0) is 0. The quantitative estimate of drug-likeness (QED) is 0.331. The van der Waals surface area contributed by atoms with E-state index in [2.05, 4.69) is 0 Å². The van der Waals surface area contributed by atoms with Crippen LogP contribution < -0.4 is 0 Å². The minimum absolute atomic E-state index is 0. The number of hydrogen-bond acceptors (Lipinski definition) is 0. The molecule has 0 unspecified atom stereocenters. The molecule has 0 aromatic rings. The van der Waals surface area contributed by atoms with Crippen LogP contribution >= 0.6 is 24.0 Å². The van der Waals surface area contributed by atoms with Gasteiger partial charge in [-0.15, -0.1) is 0 Å². The van der Waals surface area contributed by atoms with E-state index in [9.17, 15) is 0 Å². The number of hydrogen-bond donors (Lipinski definition) is 0. The van der Waals surface area contributed by atoms with E-state index in [1.807, 2.05) is 0 Å². The fraction of sp³-hybridized carbons (Fsp3) is 0. The van der Waals surface area contributed by atoms with Crippen LogP contribution in [0.1, 0.15) is 0 Å². The van der Waals surface area contributed by atoms with Crippen LogP contribution in [0.4, 0.5) is 0 Å². The molecule has 0 heterocycles. The Morgan fingerprint density at radius 3 is 1.00 bits per heavy atom. The van der Waals surface area contributed by atoms with Crippen molar-refractivity contribution in [1.29, 1.82) is 0 Å². The van der Waals surface area contributed by atoms with Gasteiger partial charge in [-0.05, 0) is 0 Å². The first-order valence-electron chi connectivity index (χ1n) is 0. The van der Waals surface area contributed by atoms with Gasteiger partial charge in [0.2, 0.25) is 0 Å². The Kier molecular flexibility index (Phi) is 121. The van der Waals surface area contributed by atoms with Crippen molar-refractivity contribution >= 4 is 50.2 Å². The minimum Gasteiger partial charge on any atom is 0 e. The molecule has 0 N–H and O–H groups in total. The molecule has 4 heavy (non-hydrogen) atoms. The third-order valence-corrected chi connectivity index (χ3v) is 0. The van der Waals surface area contributed by atoms with Gasteiger partial charge < -0.3 is 0 Å². The summed E-state index contributed by atoms with van der Waals surface area (Å²) in [5.41, 5.74) is 0. The predicted molar refractivity (Wildman–Crippen MR) is 19.8 cm³/mol. The maximum absolute atomic E-state index is 0. The molecule has 0 nitrogen and oxygen atoms in total. The van der Waals surface area contributed by atoms with Crippen LogP contribution in [0, 0.1) is 0 Å². The van der Waals surface area contributed by atoms with Gasteiger partial charge in [0, 0.05) is 89.6 Å². The summed E-state index contributed by atoms with van der Waals surface area (Å²) < 4.78 is 0. The first-order valence-corrected chi connectivity index (χ1v) is 0. The first kappa shape index (κ1) is 28.7. The third-order valence-electron chi connectivity index (χ3n) is 0. The molecular formula is AgBiCuI. The SMILES string of the molecule is [Ag].[Bi].[Cu].[I]. The Morgan fingerprint density at radius 1 is 1.00 bits per heavy atom. The van der Waals surface area contributed by atoms with Gasteiger partial charge in [0.05, 0.1) is 0 Å². The third kappa shape index (κ3) is 8.86. The molecule has 0 aromatic carbocycles. The summed E-state index contributed by atoms with van der Waals surface area (Å²) in [4.78, 5) is 0. The Labute approximate surface area is 88.0 Å². The normalized spacial score (nSPS) is 0. The van der Waals surface area contributed by atoms with Crippen molar-refractivity contribution in [1.82, 2.24) is 0 Å². The molecule has 0 saturated carbocycles. The Balaban J connectivity index is 0. The van der Waals surface area contributed by atoms with E-state index in [4.69, 9.17) is 0 Å². The Hall–Kier alpha value is 2.87. The maximum atomic E-state index is 0. The number of halogens is 1. The fourth-order valence-electron chi connectivity index (χ4n) is 0. The van der Waals surface area contributed by atoms with Crippen molar-refractivity contribution in [3.8, 4) is 0 Å². The van der Waals surface area contributed by atoms with Gasteiger partial charge >= 0.3 is 0 Å². The van der Waals surface area contributed by atoms with Crippen molar-refractivity contribution < 1.29 is 39.4 Å². The second kappa shape index (κ2) is 16.9. The van der Waals surface area contributed by atoms with Crippen molar-refractivity contribution in [2.75, 3.05) is 0 Å². The summed E-state index contributed by atoms with van der Waals surface area (Å²) >= 11 is 0. The molecule has 0 rings (SSSR count). The molecule has 0 aliphatic heterocycles. The monoisotopic (exact) mass is 506 g/mol. The topological polar surface area (TPSA) is 0 Å². The van der Waals surface area contributed by atoms with E-state index >= 15 is 0 Å².